The summed E-state index contributed by atoms with van der Waals surface area (Å²) < 4.78 is 0. The fourth-order valence-electron chi connectivity index (χ4n) is 9.21. The summed E-state index contributed by atoms with van der Waals surface area (Å²) in [5.41, 5.74) is 0. The van der Waals surface area contributed by atoms with Gasteiger partial charge < -0.3 is 0 Å². The summed E-state index contributed by atoms with van der Waals surface area (Å²) in [6.45, 7) is 13.0. The molecule has 4 saturated carbocycles. The molecule has 0 aromatic rings. The van der Waals surface area contributed by atoms with Crippen LogP contribution in [-0.2, 0) is 0 Å². The van der Waals surface area contributed by atoms with Crippen LogP contribution in [-0.4, -0.2) is 23.0 Å². The van der Waals surface area contributed by atoms with Crippen molar-refractivity contribution in [2.45, 2.75) is 90.1 Å². The molecular weight excluding hydrogens is 332 g/mol. The van der Waals surface area contributed by atoms with E-state index in [0.717, 1.165) is 63.8 Å². The molecule has 4 fully saturated rings. The van der Waals surface area contributed by atoms with Gasteiger partial charge in [0.25, 0.3) is 0 Å². The molecule has 10 unspecified atom stereocenters. The van der Waals surface area contributed by atoms with Gasteiger partial charge in [-0.2, -0.15) is 0 Å². The van der Waals surface area contributed by atoms with E-state index >= 15 is 0 Å². The summed E-state index contributed by atoms with van der Waals surface area (Å²) in [7, 11) is -0.560. The van der Waals surface area contributed by atoms with E-state index in [-0.39, 0.29) is 0 Å². The van der Waals surface area contributed by atoms with Gasteiger partial charge in [-0.05, 0) is 102 Å². The van der Waals surface area contributed by atoms with Crippen LogP contribution in [0.3, 0.4) is 0 Å². The third-order valence-electron chi connectivity index (χ3n) is 10.5. The summed E-state index contributed by atoms with van der Waals surface area (Å²) in [6.07, 6.45) is 16.5. The van der Waals surface area contributed by atoms with E-state index in [9.17, 15) is 0 Å². The van der Waals surface area contributed by atoms with Gasteiger partial charge in [-0.1, -0.05) is 53.9 Å². The lowest BCUT2D eigenvalue weighted by atomic mass is 9.62. The molecule has 0 heterocycles. The molecule has 0 spiro atoms. The van der Waals surface area contributed by atoms with Gasteiger partial charge in [-0.25, -0.2) is 10.0 Å². The predicted octanol–water partition coefficient (Wildman–Crippen LogP) is 7.22. The first kappa shape index (κ1) is 19.7. The summed E-state index contributed by atoms with van der Waals surface area (Å²) in [4.78, 5) is 0. The number of hydrogen-bond donors (Lipinski definition) is 0. The highest BCUT2D eigenvalue weighted by Gasteiger charge is 2.56. The Morgan fingerprint density at radius 3 is 1.85 bits per heavy atom. The number of fused-ring (bicyclic) bond motifs is 3. The molecular formula is C25H46S. The van der Waals surface area contributed by atoms with Gasteiger partial charge in [0.15, 0.2) is 0 Å². The van der Waals surface area contributed by atoms with Gasteiger partial charge in [0, 0.05) is 0 Å². The first-order valence-corrected chi connectivity index (χ1v) is 14.5. The molecule has 0 saturated heterocycles. The van der Waals surface area contributed by atoms with Crippen molar-refractivity contribution >= 4 is 10.0 Å². The van der Waals surface area contributed by atoms with Gasteiger partial charge >= 0.3 is 0 Å². The highest BCUT2D eigenvalue weighted by Crippen LogP contribution is 2.70. The highest BCUT2D eigenvalue weighted by molar-refractivity contribution is 8.33. The zero-order valence-electron chi connectivity index (χ0n) is 18.7. The van der Waals surface area contributed by atoms with E-state index in [1.54, 1.807) is 32.1 Å². The van der Waals surface area contributed by atoms with E-state index in [2.05, 4.69) is 47.1 Å². The van der Waals surface area contributed by atoms with E-state index in [4.69, 9.17) is 0 Å². The maximum absolute atomic E-state index is 2.78. The van der Waals surface area contributed by atoms with Gasteiger partial charge in [-0.15, -0.1) is 0 Å². The van der Waals surface area contributed by atoms with Crippen LogP contribution in [0.4, 0.5) is 0 Å². The van der Waals surface area contributed by atoms with Gasteiger partial charge in [-0.3, -0.25) is 0 Å². The largest absolute Gasteiger partial charge is 0.240 e. The van der Waals surface area contributed by atoms with E-state index in [0.29, 0.717) is 0 Å². The fraction of sp³-hybridized carbons (Fsp3) is 1.00. The maximum atomic E-state index is 2.78. The quantitative estimate of drug-likeness (QED) is 0.476. The lowest BCUT2D eigenvalue weighted by molar-refractivity contribution is 0.0735. The minimum absolute atomic E-state index is 0.560. The van der Waals surface area contributed by atoms with E-state index < -0.39 is 10.0 Å². The second-order valence-corrected chi connectivity index (χ2v) is 15.7. The number of hydrogen-bond acceptors (Lipinski definition) is 0. The first-order chi connectivity index (χ1) is 12.2. The zero-order valence-corrected chi connectivity index (χ0v) is 19.5. The topological polar surface area (TPSA) is 0 Å². The average molecular weight is 379 g/mol. The van der Waals surface area contributed by atoms with Crippen LogP contribution < -0.4 is 0 Å². The third kappa shape index (κ3) is 2.84. The van der Waals surface area contributed by atoms with Crippen LogP contribution in [0.2, 0.25) is 0 Å². The lowest BCUT2D eigenvalue weighted by Gasteiger charge is -2.53. The van der Waals surface area contributed by atoms with Crippen LogP contribution in [0.1, 0.15) is 79.6 Å². The Bertz CT molecular complexity index is 496. The van der Waals surface area contributed by atoms with Crippen LogP contribution in [0, 0.1) is 53.3 Å². The van der Waals surface area contributed by atoms with Crippen molar-refractivity contribution in [1.82, 2.24) is 0 Å². The summed E-state index contributed by atoms with van der Waals surface area (Å²) in [5.74, 6) is 9.10. The Balaban J connectivity index is 1.60. The first-order valence-electron chi connectivity index (χ1n) is 12.0. The van der Waals surface area contributed by atoms with Crippen molar-refractivity contribution in [3.05, 3.63) is 0 Å². The number of rotatable bonds is 2. The van der Waals surface area contributed by atoms with Crippen molar-refractivity contribution in [3.8, 4) is 0 Å². The molecule has 0 aromatic carbocycles. The predicted molar refractivity (Wildman–Crippen MR) is 119 cm³/mol. The Morgan fingerprint density at radius 2 is 1.19 bits per heavy atom. The molecule has 0 radical (unpaired) electrons. The Hall–Kier alpha value is 0.350. The fourth-order valence-corrected chi connectivity index (χ4v) is 14.8. The SMILES string of the molecule is CC1CC2C3CCCCC3CCC2C1S(C)(C)C1C(C)C(C)C(C)C1C. The van der Waals surface area contributed by atoms with Crippen LogP contribution in [0.25, 0.3) is 0 Å². The van der Waals surface area contributed by atoms with Crippen molar-refractivity contribution in [1.29, 1.82) is 0 Å². The monoisotopic (exact) mass is 378 g/mol. The van der Waals surface area contributed by atoms with Crippen molar-refractivity contribution < 1.29 is 0 Å². The van der Waals surface area contributed by atoms with Gasteiger partial charge in [0.1, 0.15) is 0 Å². The molecule has 0 N–H and O–H groups in total. The van der Waals surface area contributed by atoms with E-state index in [1.807, 2.05) is 0 Å². The van der Waals surface area contributed by atoms with Gasteiger partial charge in [0.2, 0.25) is 0 Å². The van der Waals surface area contributed by atoms with Crippen molar-refractivity contribution in [3.63, 3.8) is 0 Å². The molecule has 1 heteroatoms. The Morgan fingerprint density at radius 1 is 0.577 bits per heavy atom. The smallest absolute Gasteiger partial charge is 0.00572 e. The standard InChI is InChI=1S/C25H46S/c1-15-14-23-21-11-9-8-10-20(21)12-13-22(23)24(15)26(6,7)25-18(4)16(2)17(3)19(25)5/h15-25H,8-14H2,1-7H3. The molecule has 0 bridgehead atoms. The van der Waals surface area contributed by atoms with Gasteiger partial charge in [0.05, 0.1) is 0 Å². The van der Waals surface area contributed by atoms with Crippen LogP contribution in [0.15, 0.2) is 0 Å². The highest BCUT2D eigenvalue weighted by atomic mass is 32.3. The molecule has 152 valence electrons. The van der Waals surface area contributed by atoms with Crippen LogP contribution >= 0.6 is 10.0 Å². The zero-order chi connectivity index (χ0) is 18.8. The summed E-state index contributed by atoms with van der Waals surface area (Å²) in [5, 5.41) is 2.06. The maximum Gasteiger partial charge on any atom is -0.00572 e. The van der Waals surface area contributed by atoms with Crippen molar-refractivity contribution in [2.75, 3.05) is 12.5 Å². The molecule has 26 heavy (non-hydrogen) atoms. The molecule has 0 amide bonds. The Kier molecular flexibility index (Phi) is 5.29. The molecule has 4 rings (SSSR count). The van der Waals surface area contributed by atoms with E-state index in [1.165, 1.54) is 12.8 Å². The average Bonchev–Trinajstić information content (AvgIpc) is 3.05. The minimum atomic E-state index is -0.560. The molecule has 0 aliphatic heterocycles. The summed E-state index contributed by atoms with van der Waals surface area (Å²) >= 11 is 0. The molecule has 4 aliphatic carbocycles. The summed E-state index contributed by atoms with van der Waals surface area (Å²) in [6, 6.07) is 0. The second kappa shape index (κ2) is 7.00. The molecule has 0 aromatic heterocycles. The van der Waals surface area contributed by atoms with Crippen LogP contribution in [0.5, 0.6) is 0 Å². The normalized spacial score (nSPS) is 55.4. The molecule has 4 aliphatic rings. The second-order valence-electron chi connectivity index (χ2n) is 11.7. The molecule has 0 nitrogen and oxygen atoms in total. The minimum Gasteiger partial charge on any atom is -0.240 e. The van der Waals surface area contributed by atoms with Crippen molar-refractivity contribution in [2.24, 2.45) is 53.3 Å². The third-order valence-corrected chi connectivity index (χ3v) is 15.0. The molecule has 10 atom stereocenters. The Labute approximate surface area is 166 Å². The lowest BCUT2D eigenvalue weighted by Crippen LogP contribution is -2.42.